The van der Waals surface area contributed by atoms with Crippen molar-refractivity contribution in [2.75, 3.05) is 5.75 Å². The van der Waals surface area contributed by atoms with E-state index in [2.05, 4.69) is 4.98 Å². The first-order valence-electron chi connectivity index (χ1n) is 3.98. The highest BCUT2D eigenvalue weighted by Gasteiger charge is 2.16. The van der Waals surface area contributed by atoms with Crippen LogP contribution in [0.3, 0.4) is 0 Å². The van der Waals surface area contributed by atoms with Crippen LogP contribution >= 0.6 is 11.8 Å². The number of rotatable bonds is 1. The van der Waals surface area contributed by atoms with Crippen molar-refractivity contribution >= 4 is 18.0 Å². The number of fused-ring (bicyclic) bond motifs is 1. The summed E-state index contributed by atoms with van der Waals surface area (Å²) in [5.41, 5.74) is 1.60. The van der Waals surface area contributed by atoms with E-state index in [0.717, 1.165) is 41.5 Å². The molecule has 2 rings (SSSR count). The smallest absolute Gasteiger partial charge is 0.168 e. The molecule has 3 nitrogen and oxygen atoms in total. The van der Waals surface area contributed by atoms with Crippen molar-refractivity contribution in [3.63, 3.8) is 0 Å². The minimum atomic E-state index is 0.747. The minimum Gasteiger partial charge on any atom is -0.317 e. The van der Waals surface area contributed by atoms with E-state index in [1.165, 1.54) is 0 Å². The molecule has 1 aliphatic heterocycles. The standard InChI is InChI=1S/C8H10N2OS/c1-6-7(5-11)10-3-2-4-12-8(10)9-6/h5H,2-4H2,1H3. The van der Waals surface area contributed by atoms with Crippen LogP contribution in [0.25, 0.3) is 0 Å². The van der Waals surface area contributed by atoms with E-state index in [0.29, 0.717) is 0 Å². The molecule has 0 saturated heterocycles. The van der Waals surface area contributed by atoms with E-state index >= 15 is 0 Å². The number of carbonyl (C=O) groups is 1. The van der Waals surface area contributed by atoms with Gasteiger partial charge in [-0.2, -0.15) is 0 Å². The topological polar surface area (TPSA) is 34.9 Å². The lowest BCUT2D eigenvalue weighted by atomic mass is 10.3. The van der Waals surface area contributed by atoms with Crippen LogP contribution in [0.2, 0.25) is 0 Å². The molecule has 2 heterocycles. The number of imidazole rings is 1. The second kappa shape index (κ2) is 2.94. The molecule has 0 aromatic carbocycles. The fourth-order valence-corrected chi connectivity index (χ4v) is 2.42. The summed E-state index contributed by atoms with van der Waals surface area (Å²) in [6.45, 7) is 2.83. The molecule has 0 bridgehead atoms. The molecule has 0 radical (unpaired) electrons. The van der Waals surface area contributed by atoms with Gasteiger partial charge in [-0.1, -0.05) is 11.8 Å². The number of hydrogen-bond acceptors (Lipinski definition) is 3. The average Bonchev–Trinajstić information content (AvgIpc) is 2.40. The van der Waals surface area contributed by atoms with Crippen LogP contribution in [0.15, 0.2) is 5.16 Å². The zero-order chi connectivity index (χ0) is 8.55. The molecule has 0 unspecified atom stereocenters. The van der Waals surface area contributed by atoms with Gasteiger partial charge in [0.05, 0.1) is 5.69 Å². The summed E-state index contributed by atoms with van der Waals surface area (Å²) in [4.78, 5) is 15.0. The number of carbonyl (C=O) groups excluding carboxylic acids is 1. The maximum atomic E-state index is 10.7. The SMILES string of the molecule is Cc1nc2n(c1C=O)CCCS2. The predicted octanol–water partition coefficient (Wildman–Crippen LogP) is 1.50. The van der Waals surface area contributed by atoms with Crippen LogP contribution < -0.4 is 0 Å². The van der Waals surface area contributed by atoms with E-state index in [1.54, 1.807) is 11.8 Å². The van der Waals surface area contributed by atoms with Gasteiger partial charge in [0, 0.05) is 12.3 Å². The normalized spacial score (nSPS) is 15.8. The second-order valence-corrected chi connectivity index (χ2v) is 3.90. The third-order valence-corrected chi connectivity index (χ3v) is 3.09. The third kappa shape index (κ3) is 1.06. The molecule has 12 heavy (non-hydrogen) atoms. The zero-order valence-corrected chi connectivity index (χ0v) is 7.73. The van der Waals surface area contributed by atoms with Crippen LogP contribution in [0.5, 0.6) is 0 Å². The first kappa shape index (κ1) is 7.86. The zero-order valence-electron chi connectivity index (χ0n) is 6.91. The highest BCUT2D eigenvalue weighted by atomic mass is 32.2. The Morgan fingerprint density at radius 2 is 2.50 bits per heavy atom. The lowest BCUT2D eigenvalue weighted by Gasteiger charge is -2.13. The fourth-order valence-electron chi connectivity index (χ4n) is 1.42. The Morgan fingerprint density at radius 3 is 3.25 bits per heavy atom. The van der Waals surface area contributed by atoms with E-state index in [9.17, 15) is 4.79 Å². The molecule has 64 valence electrons. The Bertz CT molecular complexity index is 319. The maximum Gasteiger partial charge on any atom is 0.168 e. The minimum absolute atomic E-state index is 0.747. The second-order valence-electron chi connectivity index (χ2n) is 2.84. The lowest BCUT2D eigenvalue weighted by Crippen LogP contribution is -2.09. The number of aldehydes is 1. The monoisotopic (exact) mass is 182 g/mol. The average molecular weight is 182 g/mol. The molecule has 0 N–H and O–H groups in total. The molecule has 0 amide bonds. The Balaban J connectivity index is 2.53. The quantitative estimate of drug-likeness (QED) is 0.617. The number of hydrogen-bond donors (Lipinski definition) is 0. The lowest BCUT2D eigenvalue weighted by molar-refractivity contribution is 0.111. The number of thioether (sulfide) groups is 1. The van der Waals surface area contributed by atoms with E-state index in [-0.39, 0.29) is 0 Å². The highest BCUT2D eigenvalue weighted by molar-refractivity contribution is 7.99. The molecule has 0 fully saturated rings. The molecular formula is C8H10N2OS. The van der Waals surface area contributed by atoms with Crippen molar-refractivity contribution in [3.05, 3.63) is 11.4 Å². The van der Waals surface area contributed by atoms with Crippen LogP contribution in [0, 0.1) is 6.92 Å². The van der Waals surface area contributed by atoms with Crippen molar-refractivity contribution < 1.29 is 4.79 Å². The summed E-state index contributed by atoms with van der Waals surface area (Å²) in [6, 6.07) is 0. The van der Waals surface area contributed by atoms with Crippen molar-refractivity contribution in [2.45, 2.75) is 25.0 Å². The summed E-state index contributed by atoms with van der Waals surface area (Å²) >= 11 is 1.73. The van der Waals surface area contributed by atoms with Gasteiger partial charge in [0.2, 0.25) is 0 Å². The summed E-state index contributed by atoms with van der Waals surface area (Å²) in [5, 5.41) is 1.00. The van der Waals surface area contributed by atoms with Gasteiger partial charge in [-0.3, -0.25) is 4.79 Å². The Hall–Kier alpha value is -0.770. The fraction of sp³-hybridized carbons (Fsp3) is 0.500. The summed E-state index contributed by atoms with van der Waals surface area (Å²) in [7, 11) is 0. The van der Waals surface area contributed by atoms with Gasteiger partial charge in [0.15, 0.2) is 11.4 Å². The first-order valence-corrected chi connectivity index (χ1v) is 4.96. The molecule has 4 heteroatoms. The molecular weight excluding hydrogens is 172 g/mol. The predicted molar refractivity (Wildman–Crippen MR) is 47.7 cm³/mol. The van der Waals surface area contributed by atoms with Crippen LogP contribution in [0.1, 0.15) is 22.6 Å². The van der Waals surface area contributed by atoms with Crippen LogP contribution in [-0.4, -0.2) is 21.6 Å². The highest BCUT2D eigenvalue weighted by Crippen LogP contribution is 2.25. The van der Waals surface area contributed by atoms with Crippen LogP contribution in [0.4, 0.5) is 0 Å². The van der Waals surface area contributed by atoms with Crippen molar-refractivity contribution in [2.24, 2.45) is 0 Å². The Kier molecular flexibility index (Phi) is 1.92. The Morgan fingerprint density at radius 1 is 1.67 bits per heavy atom. The molecule has 1 aromatic heterocycles. The van der Waals surface area contributed by atoms with Gasteiger partial charge in [0.25, 0.3) is 0 Å². The Labute approximate surface area is 75.2 Å². The molecule has 0 aliphatic carbocycles. The summed E-state index contributed by atoms with van der Waals surface area (Å²) in [5.74, 6) is 1.12. The van der Waals surface area contributed by atoms with E-state index in [4.69, 9.17) is 0 Å². The van der Waals surface area contributed by atoms with Gasteiger partial charge in [-0.05, 0) is 13.3 Å². The van der Waals surface area contributed by atoms with Gasteiger partial charge >= 0.3 is 0 Å². The number of nitrogens with zero attached hydrogens (tertiary/aromatic N) is 2. The molecule has 0 saturated carbocycles. The van der Waals surface area contributed by atoms with Crippen molar-refractivity contribution in [3.8, 4) is 0 Å². The van der Waals surface area contributed by atoms with Gasteiger partial charge in [-0.15, -0.1) is 0 Å². The van der Waals surface area contributed by atoms with Crippen molar-refractivity contribution in [1.82, 2.24) is 9.55 Å². The van der Waals surface area contributed by atoms with Crippen molar-refractivity contribution in [1.29, 1.82) is 0 Å². The number of aryl methyl sites for hydroxylation is 1. The molecule has 1 aliphatic rings. The van der Waals surface area contributed by atoms with Crippen LogP contribution in [-0.2, 0) is 6.54 Å². The largest absolute Gasteiger partial charge is 0.317 e. The molecule has 0 spiro atoms. The van der Waals surface area contributed by atoms with E-state index < -0.39 is 0 Å². The summed E-state index contributed by atoms with van der Waals surface area (Å²) < 4.78 is 2.01. The van der Waals surface area contributed by atoms with Gasteiger partial charge < -0.3 is 4.57 Å². The summed E-state index contributed by atoms with van der Waals surface area (Å²) in [6.07, 6.45) is 2.03. The third-order valence-electron chi connectivity index (χ3n) is 2.02. The molecule has 1 aromatic rings. The van der Waals surface area contributed by atoms with Gasteiger partial charge in [0.1, 0.15) is 5.69 Å². The number of aromatic nitrogens is 2. The maximum absolute atomic E-state index is 10.7. The first-order chi connectivity index (χ1) is 5.83. The molecule has 0 atom stereocenters. The van der Waals surface area contributed by atoms with Gasteiger partial charge in [-0.25, -0.2) is 4.98 Å². The van der Waals surface area contributed by atoms with E-state index in [1.807, 2.05) is 11.5 Å².